The number of carbonyl (C=O) groups is 2. The Labute approximate surface area is 220 Å². The largest absolute Gasteiger partial charge is 0.353 e. The molecule has 2 fully saturated rings. The molecule has 8 nitrogen and oxygen atoms in total. The molecule has 2 saturated heterocycles. The molecule has 0 bridgehead atoms. The van der Waals surface area contributed by atoms with Crippen LogP contribution in [0.2, 0.25) is 0 Å². The van der Waals surface area contributed by atoms with Gasteiger partial charge in [0.1, 0.15) is 5.82 Å². The van der Waals surface area contributed by atoms with E-state index < -0.39 is 21.3 Å². The molecule has 1 unspecified atom stereocenters. The second kappa shape index (κ2) is 9.74. The van der Waals surface area contributed by atoms with Crippen LogP contribution in [0.4, 0.5) is 5.82 Å². The lowest BCUT2D eigenvalue weighted by Crippen LogP contribution is -2.49. The molecule has 0 aliphatic carbocycles. The summed E-state index contributed by atoms with van der Waals surface area (Å²) < 4.78 is 25.7. The SMILES string of the molecule is Cc1cnc(N2CCN(C(=O)c3ccc([C@@H]4C(=O)NC(C)(C)C4C(C)C)cc3S(C)(=O)=O)CC2)c(C)c1. The maximum atomic E-state index is 13.5. The van der Waals surface area contributed by atoms with Crippen molar-refractivity contribution in [3.8, 4) is 0 Å². The highest BCUT2D eigenvalue weighted by atomic mass is 32.2. The van der Waals surface area contributed by atoms with Gasteiger partial charge in [-0.3, -0.25) is 9.59 Å². The van der Waals surface area contributed by atoms with Crippen molar-refractivity contribution < 1.29 is 18.0 Å². The summed E-state index contributed by atoms with van der Waals surface area (Å²) >= 11 is 0. The van der Waals surface area contributed by atoms with Gasteiger partial charge in [0, 0.05) is 44.2 Å². The molecular formula is C28H38N4O4S. The number of piperazine rings is 1. The van der Waals surface area contributed by atoms with Crippen LogP contribution in [0, 0.1) is 25.7 Å². The molecule has 0 saturated carbocycles. The summed E-state index contributed by atoms with van der Waals surface area (Å²) in [5, 5.41) is 3.07. The van der Waals surface area contributed by atoms with Crippen LogP contribution in [-0.4, -0.2) is 68.1 Å². The highest BCUT2D eigenvalue weighted by molar-refractivity contribution is 7.90. The molecule has 2 atom stereocenters. The van der Waals surface area contributed by atoms with Gasteiger partial charge in [0.2, 0.25) is 5.91 Å². The van der Waals surface area contributed by atoms with Gasteiger partial charge in [-0.05, 0) is 68.4 Å². The van der Waals surface area contributed by atoms with Gasteiger partial charge >= 0.3 is 0 Å². The summed E-state index contributed by atoms with van der Waals surface area (Å²) in [6, 6.07) is 6.97. The molecule has 2 aliphatic heterocycles. The van der Waals surface area contributed by atoms with E-state index in [4.69, 9.17) is 0 Å². The lowest BCUT2D eigenvalue weighted by molar-refractivity contribution is -0.121. The van der Waals surface area contributed by atoms with Crippen LogP contribution in [0.3, 0.4) is 0 Å². The number of hydrogen-bond donors (Lipinski definition) is 1. The van der Waals surface area contributed by atoms with E-state index in [0.717, 1.165) is 23.2 Å². The standard InChI is InChI=1S/C28H38N4O4S/c1-17(2)24-23(26(33)30-28(24,5)6)20-8-9-21(22(15-20)37(7,35)36)27(34)32-12-10-31(11-13-32)25-19(4)14-18(3)16-29-25/h8-9,14-17,23-24H,10-13H2,1-7H3,(H,30,33)/t23-,24?/m0/s1. The summed E-state index contributed by atoms with van der Waals surface area (Å²) in [5.41, 5.74) is 2.56. The summed E-state index contributed by atoms with van der Waals surface area (Å²) in [6.07, 6.45) is 2.96. The maximum absolute atomic E-state index is 13.5. The number of aryl methyl sites for hydroxylation is 2. The topological polar surface area (TPSA) is 99.7 Å². The Morgan fingerprint density at radius 1 is 1.11 bits per heavy atom. The minimum atomic E-state index is -3.72. The van der Waals surface area contributed by atoms with E-state index >= 15 is 0 Å². The Kier molecular flexibility index (Phi) is 7.14. The number of nitrogens with zero attached hydrogens (tertiary/aromatic N) is 3. The number of amides is 2. The molecule has 3 heterocycles. The van der Waals surface area contributed by atoms with Crippen molar-refractivity contribution in [1.82, 2.24) is 15.2 Å². The molecule has 1 aromatic carbocycles. The quantitative estimate of drug-likeness (QED) is 0.642. The van der Waals surface area contributed by atoms with Crippen molar-refractivity contribution in [3.05, 3.63) is 52.7 Å². The van der Waals surface area contributed by atoms with Gasteiger partial charge in [-0.1, -0.05) is 26.0 Å². The van der Waals surface area contributed by atoms with E-state index in [1.165, 1.54) is 0 Å². The van der Waals surface area contributed by atoms with Crippen LogP contribution in [-0.2, 0) is 14.6 Å². The molecule has 1 N–H and O–H groups in total. The number of sulfone groups is 1. The fourth-order valence-corrected chi connectivity index (χ4v) is 7.09. The molecule has 37 heavy (non-hydrogen) atoms. The predicted molar refractivity (Wildman–Crippen MR) is 145 cm³/mol. The van der Waals surface area contributed by atoms with Crippen LogP contribution in [0.25, 0.3) is 0 Å². The van der Waals surface area contributed by atoms with Gasteiger partial charge < -0.3 is 15.1 Å². The number of rotatable bonds is 5. The molecular weight excluding hydrogens is 488 g/mol. The zero-order valence-corrected chi connectivity index (χ0v) is 23.6. The number of anilines is 1. The van der Waals surface area contributed by atoms with Gasteiger partial charge in [-0.2, -0.15) is 0 Å². The van der Waals surface area contributed by atoms with Crippen LogP contribution < -0.4 is 10.2 Å². The van der Waals surface area contributed by atoms with Gasteiger partial charge in [0.05, 0.1) is 16.4 Å². The fourth-order valence-electron chi connectivity index (χ4n) is 6.18. The minimum Gasteiger partial charge on any atom is -0.353 e. The molecule has 2 amide bonds. The lowest BCUT2D eigenvalue weighted by Gasteiger charge is -2.36. The van der Waals surface area contributed by atoms with E-state index in [9.17, 15) is 18.0 Å². The van der Waals surface area contributed by atoms with Crippen molar-refractivity contribution in [2.24, 2.45) is 11.8 Å². The van der Waals surface area contributed by atoms with Crippen molar-refractivity contribution >= 4 is 27.5 Å². The summed E-state index contributed by atoms with van der Waals surface area (Å²) in [4.78, 5) is 34.9. The molecule has 1 aromatic heterocycles. The number of aromatic nitrogens is 1. The number of hydrogen-bond acceptors (Lipinski definition) is 6. The second-order valence-corrected chi connectivity index (χ2v) is 13.4. The van der Waals surface area contributed by atoms with E-state index in [2.05, 4.69) is 35.1 Å². The van der Waals surface area contributed by atoms with Crippen molar-refractivity contribution in [1.29, 1.82) is 0 Å². The molecule has 2 aromatic rings. The number of pyridine rings is 1. The van der Waals surface area contributed by atoms with Crippen LogP contribution in [0.1, 0.15) is 60.7 Å². The lowest BCUT2D eigenvalue weighted by atomic mass is 9.72. The average Bonchev–Trinajstić information content (AvgIpc) is 3.06. The molecule has 200 valence electrons. The maximum Gasteiger partial charge on any atom is 0.255 e. The van der Waals surface area contributed by atoms with E-state index in [1.54, 1.807) is 23.1 Å². The van der Waals surface area contributed by atoms with Crippen molar-refractivity contribution in [2.45, 2.75) is 57.9 Å². The fraction of sp³-hybridized carbons (Fsp3) is 0.536. The van der Waals surface area contributed by atoms with E-state index in [1.807, 2.05) is 33.9 Å². The highest BCUT2D eigenvalue weighted by Gasteiger charge is 2.49. The Morgan fingerprint density at radius 3 is 2.32 bits per heavy atom. The molecule has 4 rings (SSSR count). The third kappa shape index (κ3) is 5.23. The van der Waals surface area contributed by atoms with Crippen LogP contribution in [0.5, 0.6) is 0 Å². The molecule has 9 heteroatoms. The number of benzene rings is 1. The number of nitrogens with one attached hydrogen (secondary N) is 1. The third-order valence-electron chi connectivity index (χ3n) is 7.69. The van der Waals surface area contributed by atoms with Crippen molar-refractivity contribution in [2.75, 3.05) is 37.3 Å². The summed E-state index contributed by atoms with van der Waals surface area (Å²) in [6.45, 7) is 14.3. The molecule has 0 spiro atoms. The Bertz CT molecular complexity index is 1330. The minimum absolute atomic E-state index is 0.0131. The first-order valence-corrected chi connectivity index (χ1v) is 14.7. The smallest absolute Gasteiger partial charge is 0.255 e. The first-order chi connectivity index (χ1) is 17.2. The van der Waals surface area contributed by atoms with Crippen LogP contribution >= 0.6 is 0 Å². The average molecular weight is 527 g/mol. The Morgan fingerprint density at radius 2 is 1.76 bits per heavy atom. The van der Waals surface area contributed by atoms with Crippen molar-refractivity contribution in [3.63, 3.8) is 0 Å². The van der Waals surface area contributed by atoms with Gasteiger partial charge in [-0.15, -0.1) is 0 Å². The normalized spacial score (nSPS) is 21.9. The Balaban J connectivity index is 1.61. The summed E-state index contributed by atoms with van der Waals surface area (Å²) in [5.74, 6) is 0.200. The van der Waals surface area contributed by atoms with Gasteiger partial charge in [-0.25, -0.2) is 13.4 Å². The second-order valence-electron chi connectivity index (χ2n) is 11.4. The first kappa shape index (κ1) is 27.1. The van der Waals surface area contributed by atoms with Gasteiger partial charge in [0.25, 0.3) is 5.91 Å². The zero-order chi connectivity index (χ0) is 27.3. The molecule has 0 radical (unpaired) electrons. The zero-order valence-electron chi connectivity index (χ0n) is 22.8. The van der Waals surface area contributed by atoms with E-state index in [0.29, 0.717) is 31.7 Å². The van der Waals surface area contributed by atoms with E-state index in [-0.39, 0.29) is 34.1 Å². The number of carbonyl (C=O) groups excluding carboxylic acids is 2. The highest BCUT2D eigenvalue weighted by Crippen LogP contribution is 2.44. The van der Waals surface area contributed by atoms with Crippen LogP contribution in [0.15, 0.2) is 35.4 Å². The predicted octanol–water partition coefficient (Wildman–Crippen LogP) is 3.33. The first-order valence-electron chi connectivity index (χ1n) is 12.8. The molecule has 2 aliphatic rings. The monoisotopic (exact) mass is 526 g/mol. The Hall–Kier alpha value is -2.94. The third-order valence-corrected chi connectivity index (χ3v) is 8.82. The summed E-state index contributed by atoms with van der Waals surface area (Å²) in [7, 11) is -3.72. The van der Waals surface area contributed by atoms with Gasteiger partial charge in [0.15, 0.2) is 9.84 Å².